The van der Waals surface area contributed by atoms with Crippen LogP contribution >= 0.6 is 12.2 Å². The van der Waals surface area contributed by atoms with Gasteiger partial charge >= 0.3 is 6.18 Å². The summed E-state index contributed by atoms with van der Waals surface area (Å²) in [5.41, 5.74) is -0.415. The summed E-state index contributed by atoms with van der Waals surface area (Å²) in [6, 6.07) is 7.34. The van der Waals surface area contributed by atoms with Crippen molar-refractivity contribution in [2.75, 3.05) is 43.1 Å². The van der Waals surface area contributed by atoms with E-state index in [2.05, 4.69) is 34.4 Å². The second kappa shape index (κ2) is 10.8. The molecule has 0 amide bonds. The molecule has 6 nitrogen and oxygen atoms in total. The number of anilines is 2. The minimum absolute atomic E-state index is 0.119. The standard InChI is InChI=1S/C25H31F4N5OS/c1-16-11-17(2)14-34(13-16)21-12-20(25(27,28)29)31-22(32-21)33-23(36)30-15-24(7-9-35-10-8-24)18-3-5-19(26)6-4-18/h3-6,12,16-17H,7-11,13-15H2,1-2H3,(H2,30,31,32,33,36)/t16-,17+. The van der Waals surface area contributed by atoms with Crippen LogP contribution in [0.2, 0.25) is 0 Å². The first-order chi connectivity index (χ1) is 17.0. The molecule has 0 saturated carbocycles. The second-order valence-electron chi connectivity index (χ2n) is 9.99. The Labute approximate surface area is 213 Å². The highest BCUT2D eigenvalue weighted by atomic mass is 32.1. The Kier molecular flexibility index (Phi) is 7.99. The number of rotatable bonds is 5. The van der Waals surface area contributed by atoms with E-state index in [0.29, 0.717) is 57.5 Å². The molecule has 36 heavy (non-hydrogen) atoms. The fraction of sp³-hybridized carbons (Fsp3) is 0.560. The molecule has 3 heterocycles. The molecular weight excluding hydrogens is 494 g/mol. The lowest BCUT2D eigenvalue weighted by atomic mass is 9.74. The van der Waals surface area contributed by atoms with E-state index in [0.717, 1.165) is 18.1 Å². The van der Waals surface area contributed by atoms with Gasteiger partial charge < -0.3 is 20.3 Å². The van der Waals surface area contributed by atoms with E-state index in [4.69, 9.17) is 17.0 Å². The van der Waals surface area contributed by atoms with Gasteiger partial charge in [-0.05, 0) is 61.0 Å². The molecule has 1 aromatic heterocycles. The molecule has 11 heteroatoms. The number of alkyl halides is 3. The molecule has 2 aliphatic heterocycles. The first kappa shape index (κ1) is 26.5. The summed E-state index contributed by atoms with van der Waals surface area (Å²) in [5.74, 6) is 0.402. The molecule has 2 N–H and O–H groups in total. The van der Waals surface area contributed by atoms with E-state index in [1.165, 1.54) is 12.1 Å². The molecule has 0 aliphatic carbocycles. The average molecular weight is 526 g/mol. The number of nitrogens with zero attached hydrogens (tertiary/aromatic N) is 3. The molecule has 0 bridgehead atoms. The largest absolute Gasteiger partial charge is 0.433 e. The van der Waals surface area contributed by atoms with Crippen LogP contribution in [0.3, 0.4) is 0 Å². The molecule has 196 valence electrons. The highest BCUT2D eigenvalue weighted by Crippen LogP contribution is 2.35. The number of hydrogen-bond donors (Lipinski definition) is 2. The van der Waals surface area contributed by atoms with E-state index in [1.54, 1.807) is 12.1 Å². The molecule has 2 fully saturated rings. The van der Waals surface area contributed by atoms with Crippen LogP contribution in [0.15, 0.2) is 30.3 Å². The Morgan fingerprint density at radius 3 is 2.36 bits per heavy atom. The van der Waals surface area contributed by atoms with Gasteiger partial charge in [-0.1, -0.05) is 26.0 Å². The quantitative estimate of drug-likeness (QED) is 0.414. The van der Waals surface area contributed by atoms with Gasteiger partial charge in [0.05, 0.1) is 0 Å². The maximum Gasteiger partial charge on any atom is 0.433 e. The van der Waals surface area contributed by atoms with Crippen molar-refractivity contribution in [2.24, 2.45) is 11.8 Å². The van der Waals surface area contributed by atoms with E-state index < -0.39 is 11.9 Å². The Morgan fingerprint density at radius 2 is 1.75 bits per heavy atom. The minimum atomic E-state index is -4.62. The maximum atomic E-state index is 13.6. The molecule has 0 unspecified atom stereocenters. The van der Waals surface area contributed by atoms with Crippen molar-refractivity contribution in [1.82, 2.24) is 15.3 Å². The number of nitrogens with one attached hydrogen (secondary N) is 2. The number of halogens is 4. The van der Waals surface area contributed by atoms with Crippen molar-refractivity contribution in [3.8, 4) is 0 Å². The van der Waals surface area contributed by atoms with Gasteiger partial charge in [0, 0.05) is 44.3 Å². The number of thiocarbonyl (C=S) groups is 1. The summed E-state index contributed by atoms with van der Waals surface area (Å²) in [6.45, 7) is 6.92. The zero-order chi connectivity index (χ0) is 25.9. The highest BCUT2D eigenvalue weighted by molar-refractivity contribution is 7.80. The van der Waals surface area contributed by atoms with Gasteiger partial charge in [0.1, 0.15) is 11.6 Å². The lowest BCUT2D eigenvalue weighted by molar-refractivity contribution is -0.141. The van der Waals surface area contributed by atoms with Gasteiger partial charge in [-0.25, -0.2) is 9.37 Å². The van der Waals surface area contributed by atoms with Gasteiger partial charge in [-0.2, -0.15) is 18.2 Å². The molecule has 2 aliphatic rings. The van der Waals surface area contributed by atoms with E-state index in [-0.39, 0.29) is 28.1 Å². The monoisotopic (exact) mass is 525 g/mol. The van der Waals surface area contributed by atoms with Crippen LogP contribution in [0, 0.1) is 17.7 Å². The molecule has 1 aromatic carbocycles. The molecule has 0 radical (unpaired) electrons. The number of aromatic nitrogens is 2. The Hall–Kier alpha value is -2.53. The van der Waals surface area contributed by atoms with Gasteiger partial charge in [0.15, 0.2) is 10.8 Å². The molecule has 2 atom stereocenters. The summed E-state index contributed by atoms with van der Waals surface area (Å²) in [7, 11) is 0. The summed E-state index contributed by atoms with van der Waals surface area (Å²) >= 11 is 5.41. The summed E-state index contributed by atoms with van der Waals surface area (Å²) in [5, 5.41) is 6.00. The SMILES string of the molecule is C[C@@H]1C[C@H](C)CN(c2cc(C(F)(F)F)nc(NC(=S)NCC3(c4ccc(F)cc4)CCOCC3)n2)C1. The van der Waals surface area contributed by atoms with Crippen molar-refractivity contribution in [1.29, 1.82) is 0 Å². The van der Waals surface area contributed by atoms with Crippen LogP contribution < -0.4 is 15.5 Å². The first-order valence-electron chi connectivity index (χ1n) is 12.1. The van der Waals surface area contributed by atoms with Gasteiger partial charge in [0.25, 0.3) is 0 Å². The average Bonchev–Trinajstić information content (AvgIpc) is 2.82. The number of hydrogen-bond acceptors (Lipinski definition) is 5. The topological polar surface area (TPSA) is 62.3 Å². The van der Waals surface area contributed by atoms with Crippen molar-refractivity contribution in [3.05, 3.63) is 47.4 Å². The smallest absolute Gasteiger partial charge is 0.381 e. The number of piperidine rings is 1. The number of benzene rings is 1. The molecule has 2 saturated heterocycles. The zero-order valence-corrected chi connectivity index (χ0v) is 21.2. The van der Waals surface area contributed by atoms with Crippen molar-refractivity contribution in [2.45, 2.75) is 44.7 Å². The van der Waals surface area contributed by atoms with E-state index >= 15 is 0 Å². The van der Waals surface area contributed by atoms with Crippen LogP contribution in [0.5, 0.6) is 0 Å². The third kappa shape index (κ3) is 6.42. The minimum Gasteiger partial charge on any atom is -0.381 e. The second-order valence-corrected chi connectivity index (χ2v) is 10.4. The molecular formula is C25H31F4N5OS. The maximum absolute atomic E-state index is 13.6. The molecule has 0 spiro atoms. The first-order valence-corrected chi connectivity index (χ1v) is 12.5. The summed E-state index contributed by atoms with van der Waals surface area (Å²) in [6.07, 6.45) is -2.20. The lowest BCUT2D eigenvalue weighted by Crippen LogP contribution is -2.45. The molecule has 2 aromatic rings. The van der Waals surface area contributed by atoms with Crippen molar-refractivity contribution in [3.63, 3.8) is 0 Å². The van der Waals surface area contributed by atoms with E-state index in [9.17, 15) is 17.6 Å². The van der Waals surface area contributed by atoms with Gasteiger partial charge in [-0.15, -0.1) is 0 Å². The highest BCUT2D eigenvalue weighted by Gasteiger charge is 2.36. The third-order valence-corrected chi connectivity index (χ3v) is 7.16. The Morgan fingerprint density at radius 1 is 1.11 bits per heavy atom. The predicted molar refractivity (Wildman–Crippen MR) is 135 cm³/mol. The van der Waals surface area contributed by atoms with E-state index in [1.807, 2.05) is 4.90 Å². The lowest BCUT2D eigenvalue weighted by Gasteiger charge is -2.38. The van der Waals surface area contributed by atoms with Crippen LogP contribution in [0.4, 0.5) is 29.3 Å². The Balaban J connectivity index is 1.51. The number of ether oxygens (including phenoxy) is 1. The normalized spacial score (nSPS) is 22.2. The van der Waals surface area contributed by atoms with Gasteiger partial charge in [-0.3, -0.25) is 0 Å². The Bertz CT molecular complexity index is 1050. The fourth-order valence-electron chi connectivity index (χ4n) is 5.18. The zero-order valence-electron chi connectivity index (χ0n) is 20.4. The van der Waals surface area contributed by atoms with Crippen molar-refractivity contribution >= 4 is 29.1 Å². The van der Waals surface area contributed by atoms with Crippen LogP contribution in [-0.4, -0.2) is 47.9 Å². The van der Waals surface area contributed by atoms with Crippen molar-refractivity contribution < 1.29 is 22.3 Å². The van der Waals surface area contributed by atoms with Crippen LogP contribution in [0.1, 0.15) is 44.4 Å². The summed E-state index contributed by atoms with van der Waals surface area (Å²) in [4.78, 5) is 9.95. The third-order valence-electron chi connectivity index (χ3n) is 6.92. The van der Waals surface area contributed by atoms with Crippen LogP contribution in [-0.2, 0) is 16.3 Å². The molecule has 4 rings (SSSR count). The van der Waals surface area contributed by atoms with Gasteiger partial charge in [0.2, 0.25) is 5.95 Å². The summed E-state index contributed by atoms with van der Waals surface area (Å²) < 4.78 is 59.9. The fourth-order valence-corrected chi connectivity index (χ4v) is 5.34. The van der Waals surface area contributed by atoms with Crippen LogP contribution in [0.25, 0.3) is 0 Å². The predicted octanol–water partition coefficient (Wildman–Crippen LogP) is 5.15.